The van der Waals surface area contributed by atoms with Gasteiger partial charge in [0.1, 0.15) is 11.2 Å². The molecule has 0 spiro atoms. The summed E-state index contributed by atoms with van der Waals surface area (Å²) in [6, 6.07) is 64.1. The van der Waals surface area contributed by atoms with Crippen LogP contribution in [0.5, 0.6) is 0 Å². The maximum atomic E-state index is 9.41. The van der Waals surface area contributed by atoms with Crippen LogP contribution >= 0.6 is 0 Å². The zero-order valence-corrected chi connectivity index (χ0v) is 29.5. The minimum Gasteiger partial charge on any atom is -0.455 e. The topological polar surface area (TPSA) is 75.6 Å². The molecule has 10 aromatic rings. The number of nitrogens with zero attached hydrogens (tertiary/aromatic N) is 4. The molecule has 0 radical (unpaired) electrons. The van der Waals surface area contributed by atoms with Crippen LogP contribution in [0.4, 0.5) is 0 Å². The Bertz CT molecular complexity index is 3090. The molecule has 256 valence electrons. The first-order chi connectivity index (χ1) is 27.2. The molecule has 0 saturated carbocycles. The molecule has 0 N–H and O–H groups in total. The van der Waals surface area contributed by atoms with E-state index in [0.29, 0.717) is 23.0 Å². The molecule has 0 fully saturated rings. The molecule has 5 nitrogen and oxygen atoms in total. The van der Waals surface area contributed by atoms with E-state index >= 15 is 0 Å². The number of aromatic nitrogens is 3. The molecule has 0 aliphatic rings. The molecule has 0 bridgehead atoms. The van der Waals surface area contributed by atoms with E-state index in [1.807, 2.05) is 91.0 Å². The van der Waals surface area contributed by atoms with Crippen molar-refractivity contribution in [1.29, 1.82) is 5.26 Å². The third-order valence-corrected chi connectivity index (χ3v) is 10.1. The molecule has 5 heteroatoms. The van der Waals surface area contributed by atoms with E-state index in [4.69, 9.17) is 19.4 Å². The summed E-state index contributed by atoms with van der Waals surface area (Å²) in [7, 11) is 0. The second-order valence-electron chi connectivity index (χ2n) is 13.6. The van der Waals surface area contributed by atoms with Crippen molar-refractivity contribution in [3.63, 3.8) is 0 Å². The van der Waals surface area contributed by atoms with E-state index in [1.54, 1.807) is 0 Å². The molecular weight excluding hydrogens is 673 g/mol. The van der Waals surface area contributed by atoms with Gasteiger partial charge in [0.05, 0.1) is 11.6 Å². The van der Waals surface area contributed by atoms with Gasteiger partial charge < -0.3 is 4.42 Å². The lowest BCUT2D eigenvalue weighted by Gasteiger charge is -2.10. The fourth-order valence-electron chi connectivity index (χ4n) is 7.41. The summed E-state index contributed by atoms with van der Waals surface area (Å²) in [4.78, 5) is 15.0. The minimum atomic E-state index is 0.553. The summed E-state index contributed by atoms with van der Waals surface area (Å²) in [5, 5.41) is 13.7. The Balaban J connectivity index is 1.12. The number of rotatable bonds is 6. The summed E-state index contributed by atoms with van der Waals surface area (Å²) in [6.45, 7) is 0. The van der Waals surface area contributed by atoms with Gasteiger partial charge in [0.2, 0.25) is 0 Å². The molecule has 8 aromatic carbocycles. The number of hydrogen-bond donors (Lipinski definition) is 0. The van der Waals surface area contributed by atoms with E-state index in [1.165, 1.54) is 5.56 Å². The van der Waals surface area contributed by atoms with Crippen molar-refractivity contribution in [2.24, 2.45) is 0 Å². The molecule has 55 heavy (non-hydrogen) atoms. The van der Waals surface area contributed by atoms with Crippen LogP contribution in [0.15, 0.2) is 186 Å². The van der Waals surface area contributed by atoms with E-state index in [-0.39, 0.29) is 0 Å². The normalized spacial score (nSPS) is 11.3. The smallest absolute Gasteiger partial charge is 0.164 e. The van der Waals surface area contributed by atoms with Crippen molar-refractivity contribution in [3.05, 3.63) is 188 Å². The van der Waals surface area contributed by atoms with Crippen molar-refractivity contribution in [2.45, 2.75) is 0 Å². The Morgan fingerprint density at radius 3 is 1.69 bits per heavy atom. The van der Waals surface area contributed by atoms with Gasteiger partial charge in [-0.2, -0.15) is 5.26 Å². The van der Waals surface area contributed by atoms with Crippen molar-refractivity contribution >= 4 is 32.7 Å². The van der Waals surface area contributed by atoms with Gasteiger partial charge in [-0.25, -0.2) is 15.0 Å². The standard InChI is InChI=1S/C50H30N4O/c51-31-32-11-9-17-37(27-32)34-21-23-36(24-22-34)49-52-48(35-14-5-2-6-15-35)53-50(54-49)41-25-26-43-45(30-41)55-47-42-20-8-7-16-40(42)29-44(46(43)47)39-19-10-18-38(28-39)33-12-3-1-4-13-33/h1-30H. The van der Waals surface area contributed by atoms with E-state index in [2.05, 4.69) is 97.1 Å². The second-order valence-corrected chi connectivity index (χ2v) is 13.6. The highest BCUT2D eigenvalue weighted by Crippen LogP contribution is 2.43. The predicted molar refractivity (Wildman–Crippen MR) is 222 cm³/mol. The van der Waals surface area contributed by atoms with Crippen LogP contribution in [0.1, 0.15) is 5.56 Å². The second kappa shape index (κ2) is 13.4. The summed E-state index contributed by atoms with van der Waals surface area (Å²) in [6.07, 6.45) is 0. The first kappa shape index (κ1) is 32.0. The zero-order valence-electron chi connectivity index (χ0n) is 29.5. The van der Waals surface area contributed by atoms with E-state index in [9.17, 15) is 5.26 Å². The largest absolute Gasteiger partial charge is 0.455 e. The summed E-state index contributed by atoms with van der Waals surface area (Å²) in [5.41, 5.74) is 11.4. The summed E-state index contributed by atoms with van der Waals surface area (Å²) < 4.78 is 6.82. The monoisotopic (exact) mass is 702 g/mol. The highest BCUT2D eigenvalue weighted by atomic mass is 16.3. The number of benzene rings is 8. The minimum absolute atomic E-state index is 0.553. The van der Waals surface area contributed by atoms with Gasteiger partial charge in [-0.15, -0.1) is 0 Å². The summed E-state index contributed by atoms with van der Waals surface area (Å²) >= 11 is 0. The van der Waals surface area contributed by atoms with Gasteiger partial charge in [-0.1, -0.05) is 146 Å². The van der Waals surface area contributed by atoms with Gasteiger partial charge in [0.25, 0.3) is 0 Å². The Kier molecular flexibility index (Phi) is 7.79. The van der Waals surface area contributed by atoms with Crippen LogP contribution in [-0.2, 0) is 0 Å². The van der Waals surface area contributed by atoms with Crippen molar-refractivity contribution in [1.82, 2.24) is 15.0 Å². The van der Waals surface area contributed by atoms with Gasteiger partial charge in [-0.3, -0.25) is 0 Å². The Hall–Kier alpha value is -7.68. The van der Waals surface area contributed by atoms with Crippen molar-refractivity contribution in [3.8, 4) is 73.6 Å². The summed E-state index contributed by atoms with van der Waals surface area (Å²) in [5.74, 6) is 1.71. The average Bonchev–Trinajstić information content (AvgIpc) is 3.66. The molecule has 2 aromatic heterocycles. The molecule has 0 saturated heterocycles. The first-order valence-corrected chi connectivity index (χ1v) is 18.2. The van der Waals surface area contributed by atoms with Crippen LogP contribution in [-0.4, -0.2) is 15.0 Å². The maximum absolute atomic E-state index is 9.41. The lowest BCUT2D eigenvalue weighted by atomic mass is 9.93. The average molecular weight is 703 g/mol. The molecule has 0 amide bonds. The molecule has 10 rings (SSSR count). The first-order valence-electron chi connectivity index (χ1n) is 18.2. The van der Waals surface area contributed by atoms with Gasteiger partial charge in [0, 0.05) is 32.8 Å². The van der Waals surface area contributed by atoms with Crippen molar-refractivity contribution < 1.29 is 4.42 Å². The molecular formula is C50H30N4O. The molecule has 0 unspecified atom stereocenters. The number of hydrogen-bond acceptors (Lipinski definition) is 5. The van der Waals surface area contributed by atoms with Gasteiger partial charge >= 0.3 is 0 Å². The number of furan rings is 1. The third kappa shape index (κ3) is 5.89. The van der Waals surface area contributed by atoms with Gasteiger partial charge in [-0.05, 0) is 75.2 Å². The van der Waals surface area contributed by atoms with E-state index in [0.717, 1.165) is 77.2 Å². The maximum Gasteiger partial charge on any atom is 0.164 e. The quantitative estimate of drug-likeness (QED) is 0.172. The fraction of sp³-hybridized carbons (Fsp3) is 0. The molecule has 0 aliphatic heterocycles. The Morgan fingerprint density at radius 1 is 0.400 bits per heavy atom. The van der Waals surface area contributed by atoms with Crippen LogP contribution in [0, 0.1) is 11.3 Å². The van der Waals surface area contributed by atoms with E-state index < -0.39 is 0 Å². The molecule has 2 heterocycles. The molecule has 0 aliphatic carbocycles. The molecule has 0 atom stereocenters. The van der Waals surface area contributed by atoms with Gasteiger partial charge in [0.15, 0.2) is 17.5 Å². The highest BCUT2D eigenvalue weighted by molar-refractivity contribution is 6.21. The number of nitriles is 1. The Morgan fingerprint density at radius 2 is 0.945 bits per heavy atom. The Labute approximate surface area is 317 Å². The lowest BCUT2D eigenvalue weighted by molar-refractivity contribution is 0.673. The van der Waals surface area contributed by atoms with Crippen molar-refractivity contribution in [2.75, 3.05) is 0 Å². The SMILES string of the molecule is N#Cc1cccc(-c2ccc(-c3nc(-c4ccccc4)nc(-c4ccc5c(c4)oc4c6ccccc6cc(-c6cccc(-c7ccccc7)c6)c54)n3)cc2)c1. The predicted octanol–water partition coefficient (Wildman–Crippen LogP) is 12.8. The van der Waals surface area contributed by atoms with Crippen LogP contribution in [0.2, 0.25) is 0 Å². The van der Waals surface area contributed by atoms with Crippen LogP contribution in [0.25, 0.3) is 100 Å². The zero-order chi connectivity index (χ0) is 36.7. The number of fused-ring (bicyclic) bond motifs is 5. The fourth-order valence-corrected chi connectivity index (χ4v) is 7.41. The highest BCUT2D eigenvalue weighted by Gasteiger charge is 2.19. The lowest BCUT2D eigenvalue weighted by Crippen LogP contribution is -2.00. The van der Waals surface area contributed by atoms with Crippen LogP contribution < -0.4 is 0 Å². The third-order valence-electron chi connectivity index (χ3n) is 10.1. The van der Waals surface area contributed by atoms with Crippen LogP contribution in [0.3, 0.4) is 0 Å².